The summed E-state index contributed by atoms with van der Waals surface area (Å²) < 4.78 is 5.73. The molecule has 4 nitrogen and oxygen atoms in total. The topological polar surface area (TPSA) is 55.0 Å². The number of ether oxygens (including phenoxy) is 1. The van der Waals surface area contributed by atoms with Crippen LogP contribution >= 0.6 is 23.2 Å². The summed E-state index contributed by atoms with van der Waals surface area (Å²) in [6.45, 7) is 1.89. The number of aromatic amines is 1. The van der Waals surface area contributed by atoms with Crippen LogP contribution in [0.3, 0.4) is 0 Å². The van der Waals surface area contributed by atoms with Gasteiger partial charge in [-0.1, -0.05) is 30.1 Å². The summed E-state index contributed by atoms with van der Waals surface area (Å²) in [6, 6.07) is 12.0. The Morgan fingerprint density at radius 2 is 1.96 bits per heavy atom. The van der Waals surface area contributed by atoms with Crippen LogP contribution in [0, 0.1) is 5.92 Å². The molecule has 0 bridgehead atoms. The van der Waals surface area contributed by atoms with Crippen LogP contribution in [-0.4, -0.2) is 15.8 Å². The Kier molecular flexibility index (Phi) is 5.41. The van der Waals surface area contributed by atoms with Crippen molar-refractivity contribution in [2.45, 2.75) is 13.3 Å². The van der Waals surface area contributed by atoms with Gasteiger partial charge in [0, 0.05) is 35.3 Å². The number of Topliss-reactive ketones (excluding diaryl/α,β-unsaturated/α-hetero) is 1. The average Bonchev–Trinajstić information content (AvgIpc) is 3.10. The van der Waals surface area contributed by atoms with E-state index in [1.165, 1.54) is 0 Å². The van der Waals surface area contributed by atoms with Crippen LogP contribution in [0.15, 0.2) is 54.9 Å². The lowest BCUT2D eigenvalue weighted by molar-refractivity contribution is 0.0928. The van der Waals surface area contributed by atoms with E-state index >= 15 is 0 Å². The smallest absolute Gasteiger partial charge is 0.166 e. The Bertz CT molecular complexity index is 862. The zero-order valence-corrected chi connectivity index (χ0v) is 15.0. The van der Waals surface area contributed by atoms with E-state index in [1.807, 2.05) is 6.92 Å². The summed E-state index contributed by atoms with van der Waals surface area (Å²) in [5.74, 6) is 1.81. The standard InChI is InChI=1S/C19H16Cl2N2O2/c1-12(10-18-22-8-9-23-18)19(24)13-2-5-15(6-3-13)25-17-7-4-14(20)11-16(17)21/h2-9,11-12H,10H2,1H3,(H,22,23). The fourth-order valence-electron chi connectivity index (χ4n) is 2.45. The molecule has 3 rings (SSSR count). The summed E-state index contributed by atoms with van der Waals surface area (Å²) >= 11 is 12.0. The van der Waals surface area contributed by atoms with Gasteiger partial charge < -0.3 is 9.72 Å². The highest BCUT2D eigenvalue weighted by Gasteiger charge is 2.17. The number of hydrogen-bond acceptors (Lipinski definition) is 3. The van der Waals surface area contributed by atoms with Crippen LogP contribution in [0.1, 0.15) is 23.1 Å². The molecule has 25 heavy (non-hydrogen) atoms. The summed E-state index contributed by atoms with van der Waals surface area (Å²) in [5, 5.41) is 0.976. The largest absolute Gasteiger partial charge is 0.456 e. The van der Waals surface area contributed by atoms with E-state index in [0.717, 1.165) is 5.82 Å². The maximum absolute atomic E-state index is 12.5. The SMILES string of the molecule is CC(Cc1ncc[nH]1)C(=O)c1ccc(Oc2ccc(Cl)cc2Cl)cc1. The molecule has 6 heteroatoms. The molecule has 0 amide bonds. The number of aromatic nitrogens is 2. The van der Waals surface area contributed by atoms with Crippen molar-refractivity contribution in [1.82, 2.24) is 9.97 Å². The molecule has 128 valence electrons. The summed E-state index contributed by atoms with van der Waals surface area (Å²) in [5.41, 5.74) is 0.633. The predicted octanol–water partition coefficient (Wildman–Crippen LogP) is 5.57. The number of benzene rings is 2. The lowest BCUT2D eigenvalue weighted by Crippen LogP contribution is -2.14. The van der Waals surface area contributed by atoms with Gasteiger partial charge >= 0.3 is 0 Å². The number of halogens is 2. The minimum absolute atomic E-state index is 0.0625. The minimum atomic E-state index is -0.163. The molecular formula is C19H16Cl2N2O2. The molecule has 0 radical (unpaired) electrons. The molecule has 2 aromatic carbocycles. The quantitative estimate of drug-likeness (QED) is 0.573. The molecule has 0 aliphatic heterocycles. The zero-order valence-electron chi connectivity index (χ0n) is 13.5. The normalized spacial score (nSPS) is 12.0. The lowest BCUT2D eigenvalue weighted by Gasteiger charge is -2.11. The number of H-pyrrole nitrogens is 1. The van der Waals surface area contributed by atoms with Crippen molar-refractivity contribution in [3.63, 3.8) is 0 Å². The summed E-state index contributed by atoms with van der Waals surface area (Å²) in [7, 11) is 0. The number of ketones is 1. The van der Waals surface area contributed by atoms with Crippen LogP contribution < -0.4 is 4.74 Å². The second-order valence-corrected chi connectivity index (χ2v) is 6.55. The Hall–Kier alpha value is -2.30. The number of carbonyl (C=O) groups excluding carboxylic acids is 1. The van der Waals surface area contributed by atoms with Gasteiger partial charge in [0.25, 0.3) is 0 Å². The zero-order chi connectivity index (χ0) is 17.8. The molecule has 1 atom stereocenters. The molecule has 1 unspecified atom stereocenters. The van der Waals surface area contributed by atoms with Gasteiger partial charge in [0.2, 0.25) is 0 Å². The molecule has 0 aliphatic rings. The van der Waals surface area contributed by atoms with Crippen molar-refractivity contribution < 1.29 is 9.53 Å². The number of hydrogen-bond donors (Lipinski definition) is 1. The second-order valence-electron chi connectivity index (χ2n) is 5.71. The van der Waals surface area contributed by atoms with Gasteiger partial charge in [0.15, 0.2) is 5.78 Å². The predicted molar refractivity (Wildman–Crippen MR) is 98.8 cm³/mol. The van der Waals surface area contributed by atoms with E-state index in [1.54, 1.807) is 54.9 Å². The van der Waals surface area contributed by atoms with E-state index in [0.29, 0.717) is 33.5 Å². The van der Waals surface area contributed by atoms with Gasteiger partial charge in [-0.15, -0.1) is 0 Å². The molecule has 1 N–H and O–H groups in total. The molecule has 0 aliphatic carbocycles. The van der Waals surface area contributed by atoms with Crippen LogP contribution in [0.5, 0.6) is 11.5 Å². The first-order valence-electron chi connectivity index (χ1n) is 7.78. The monoisotopic (exact) mass is 374 g/mol. The number of nitrogens with zero attached hydrogens (tertiary/aromatic N) is 1. The number of imidazole rings is 1. The third-order valence-corrected chi connectivity index (χ3v) is 4.29. The highest BCUT2D eigenvalue weighted by molar-refractivity contribution is 6.35. The third-order valence-electron chi connectivity index (χ3n) is 3.76. The maximum Gasteiger partial charge on any atom is 0.166 e. The van der Waals surface area contributed by atoms with Gasteiger partial charge in [-0.05, 0) is 42.5 Å². The van der Waals surface area contributed by atoms with Crippen molar-refractivity contribution in [3.8, 4) is 11.5 Å². The molecule has 0 fully saturated rings. The van der Waals surface area contributed by atoms with Crippen molar-refractivity contribution in [3.05, 3.63) is 76.3 Å². The van der Waals surface area contributed by atoms with Crippen molar-refractivity contribution >= 4 is 29.0 Å². The molecule has 0 saturated carbocycles. The number of rotatable bonds is 6. The lowest BCUT2D eigenvalue weighted by atomic mass is 9.96. The van der Waals surface area contributed by atoms with Gasteiger partial charge in [-0.2, -0.15) is 0 Å². The Morgan fingerprint density at radius 3 is 2.60 bits per heavy atom. The Morgan fingerprint density at radius 1 is 1.20 bits per heavy atom. The average molecular weight is 375 g/mol. The first-order valence-corrected chi connectivity index (χ1v) is 8.54. The van der Waals surface area contributed by atoms with Crippen molar-refractivity contribution in [2.75, 3.05) is 0 Å². The van der Waals surface area contributed by atoms with Crippen LogP contribution in [0.4, 0.5) is 0 Å². The molecule has 1 heterocycles. The third kappa shape index (κ3) is 4.41. The van der Waals surface area contributed by atoms with E-state index in [2.05, 4.69) is 9.97 Å². The van der Waals surface area contributed by atoms with Crippen LogP contribution in [0.2, 0.25) is 10.0 Å². The Labute approximate surface area is 155 Å². The summed E-state index contributed by atoms with van der Waals surface area (Å²) in [4.78, 5) is 19.7. The highest BCUT2D eigenvalue weighted by Crippen LogP contribution is 2.31. The van der Waals surface area contributed by atoms with Crippen LogP contribution in [0.25, 0.3) is 0 Å². The van der Waals surface area contributed by atoms with E-state index in [-0.39, 0.29) is 11.7 Å². The van der Waals surface area contributed by atoms with E-state index in [4.69, 9.17) is 27.9 Å². The number of carbonyl (C=O) groups is 1. The number of nitrogens with one attached hydrogen (secondary N) is 1. The fourth-order valence-corrected chi connectivity index (χ4v) is 2.90. The van der Waals surface area contributed by atoms with Gasteiger partial charge in [-0.25, -0.2) is 4.98 Å². The summed E-state index contributed by atoms with van der Waals surface area (Å²) in [6.07, 6.45) is 4.01. The first kappa shape index (κ1) is 17.5. The van der Waals surface area contributed by atoms with E-state index in [9.17, 15) is 4.79 Å². The maximum atomic E-state index is 12.5. The van der Waals surface area contributed by atoms with Crippen molar-refractivity contribution in [2.24, 2.45) is 5.92 Å². The van der Waals surface area contributed by atoms with Gasteiger partial charge in [0.1, 0.15) is 17.3 Å². The molecule has 0 spiro atoms. The second kappa shape index (κ2) is 7.72. The fraction of sp³-hybridized carbons (Fsp3) is 0.158. The van der Waals surface area contributed by atoms with E-state index < -0.39 is 0 Å². The molecular weight excluding hydrogens is 359 g/mol. The van der Waals surface area contributed by atoms with Crippen molar-refractivity contribution in [1.29, 1.82) is 0 Å². The van der Waals surface area contributed by atoms with Gasteiger partial charge in [-0.3, -0.25) is 4.79 Å². The van der Waals surface area contributed by atoms with Crippen LogP contribution in [-0.2, 0) is 6.42 Å². The molecule has 3 aromatic rings. The first-order chi connectivity index (χ1) is 12.0. The highest BCUT2D eigenvalue weighted by atomic mass is 35.5. The molecule has 0 saturated heterocycles. The molecule has 1 aromatic heterocycles. The minimum Gasteiger partial charge on any atom is -0.456 e. The van der Waals surface area contributed by atoms with Gasteiger partial charge in [0.05, 0.1) is 5.02 Å². The Balaban J connectivity index is 1.68.